The topological polar surface area (TPSA) is 35.2 Å². The van der Waals surface area contributed by atoms with Crippen LogP contribution >= 0.6 is 22.6 Å². The van der Waals surface area contributed by atoms with Gasteiger partial charge in [0.15, 0.2) is 0 Å². The van der Waals surface area contributed by atoms with E-state index in [-0.39, 0.29) is 6.04 Å². The zero-order chi connectivity index (χ0) is 13.7. The molecule has 0 unspecified atom stereocenters. The van der Waals surface area contributed by atoms with E-state index in [1.165, 1.54) is 9.13 Å². The highest BCUT2D eigenvalue weighted by Gasteiger charge is 2.09. The van der Waals surface area contributed by atoms with Gasteiger partial charge >= 0.3 is 0 Å². The van der Waals surface area contributed by atoms with Crippen LogP contribution in [0.25, 0.3) is 0 Å². The van der Waals surface area contributed by atoms with E-state index in [2.05, 4.69) is 53.8 Å². The van der Waals surface area contributed by atoms with Crippen molar-refractivity contribution in [3.63, 3.8) is 0 Å². The number of rotatable bonds is 5. The molecule has 0 aromatic heterocycles. The first-order valence-electron chi connectivity index (χ1n) is 6.42. The second-order valence-corrected chi connectivity index (χ2v) is 5.71. The van der Waals surface area contributed by atoms with Crippen molar-refractivity contribution in [1.29, 1.82) is 0 Å². The monoisotopic (exact) mass is 367 g/mol. The first kappa shape index (κ1) is 14.3. The Bertz CT molecular complexity index is 525. The van der Waals surface area contributed by atoms with Crippen molar-refractivity contribution in [3.8, 4) is 5.75 Å². The van der Waals surface area contributed by atoms with Gasteiger partial charge in [-0.3, -0.25) is 0 Å². The molecule has 3 heteroatoms. The van der Waals surface area contributed by atoms with Gasteiger partial charge in [-0.1, -0.05) is 37.3 Å². The van der Waals surface area contributed by atoms with Gasteiger partial charge in [0.05, 0.1) is 0 Å². The van der Waals surface area contributed by atoms with Crippen LogP contribution in [0.3, 0.4) is 0 Å². The lowest BCUT2D eigenvalue weighted by Gasteiger charge is -2.15. The van der Waals surface area contributed by atoms with Gasteiger partial charge in [0, 0.05) is 15.2 Å². The molecule has 0 fully saturated rings. The van der Waals surface area contributed by atoms with Crippen molar-refractivity contribution < 1.29 is 4.74 Å². The van der Waals surface area contributed by atoms with Gasteiger partial charge in [0.25, 0.3) is 0 Å². The highest BCUT2D eigenvalue weighted by molar-refractivity contribution is 14.1. The molecule has 0 saturated heterocycles. The van der Waals surface area contributed by atoms with Crippen LogP contribution in [0.4, 0.5) is 0 Å². The Labute approximate surface area is 128 Å². The van der Waals surface area contributed by atoms with Gasteiger partial charge in [-0.15, -0.1) is 0 Å². The molecule has 2 aromatic rings. The lowest BCUT2D eigenvalue weighted by Crippen LogP contribution is -2.10. The van der Waals surface area contributed by atoms with Crippen LogP contribution in [0.15, 0.2) is 48.5 Å². The van der Waals surface area contributed by atoms with E-state index in [0.717, 1.165) is 17.7 Å². The summed E-state index contributed by atoms with van der Waals surface area (Å²) in [5.74, 6) is 0.885. The Balaban J connectivity index is 2.09. The van der Waals surface area contributed by atoms with Crippen molar-refractivity contribution in [2.24, 2.45) is 5.73 Å². The average Bonchev–Trinajstić information content (AvgIpc) is 2.46. The number of nitrogens with two attached hydrogens (primary N) is 1. The lowest BCUT2D eigenvalue weighted by atomic mass is 10.0. The minimum atomic E-state index is 0.0351. The fourth-order valence-electron chi connectivity index (χ4n) is 1.88. The molecule has 2 aromatic carbocycles. The standard InChI is InChI=1S/C16H18INO/c1-2-15(18)14-5-3-4-6-16(14)19-11-12-7-9-13(17)10-8-12/h3-10,15H,2,11,18H2,1H3/t15-/m0/s1. The van der Waals surface area contributed by atoms with Crippen molar-refractivity contribution in [2.45, 2.75) is 26.0 Å². The molecule has 1 atom stereocenters. The molecule has 2 rings (SSSR count). The summed E-state index contributed by atoms with van der Waals surface area (Å²) >= 11 is 2.30. The summed E-state index contributed by atoms with van der Waals surface area (Å²) in [6.45, 7) is 2.66. The van der Waals surface area contributed by atoms with Crippen LogP contribution < -0.4 is 10.5 Å². The summed E-state index contributed by atoms with van der Waals surface area (Å²) in [6.07, 6.45) is 0.907. The van der Waals surface area contributed by atoms with Crippen LogP contribution in [0.2, 0.25) is 0 Å². The molecule has 0 aliphatic heterocycles. The second kappa shape index (κ2) is 6.91. The average molecular weight is 367 g/mol. The maximum absolute atomic E-state index is 6.10. The van der Waals surface area contributed by atoms with Gasteiger partial charge in [0.1, 0.15) is 12.4 Å². The molecule has 0 aliphatic carbocycles. The molecular formula is C16H18INO. The van der Waals surface area contributed by atoms with Crippen molar-refractivity contribution in [3.05, 3.63) is 63.2 Å². The van der Waals surface area contributed by atoms with E-state index in [9.17, 15) is 0 Å². The zero-order valence-electron chi connectivity index (χ0n) is 11.0. The quantitative estimate of drug-likeness (QED) is 0.801. The van der Waals surface area contributed by atoms with Crippen LogP contribution in [-0.4, -0.2) is 0 Å². The molecule has 0 saturated carbocycles. The minimum absolute atomic E-state index is 0.0351. The van der Waals surface area contributed by atoms with E-state index in [1.54, 1.807) is 0 Å². The molecule has 0 bridgehead atoms. The van der Waals surface area contributed by atoms with Crippen LogP contribution in [0, 0.1) is 3.57 Å². The summed E-state index contributed by atoms with van der Waals surface area (Å²) < 4.78 is 7.13. The van der Waals surface area contributed by atoms with E-state index >= 15 is 0 Å². The molecule has 0 heterocycles. The van der Waals surface area contributed by atoms with Crippen LogP contribution in [-0.2, 0) is 6.61 Å². The number of hydrogen-bond donors (Lipinski definition) is 1. The Kier molecular flexibility index (Phi) is 5.22. The minimum Gasteiger partial charge on any atom is -0.489 e. The van der Waals surface area contributed by atoms with Crippen LogP contribution in [0.1, 0.15) is 30.5 Å². The predicted octanol–water partition coefficient (Wildman–Crippen LogP) is 4.28. The normalized spacial score (nSPS) is 12.2. The molecule has 0 radical (unpaired) electrons. The van der Waals surface area contributed by atoms with E-state index < -0.39 is 0 Å². The predicted molar refractivity (Wildman–Crippen MR) is 87.2 cm³/mol. The Morgan fingerprint density at radius 2 is 1.79 bits per heavy atom. The number of benzene rings is 2. The Morgan fingerprint density at radius 1 is 1.11 bits per heavy atom. The summed E-state index contributed by atoms with van der Waals surface area (Å²) in [5, 5.41) is 0. The maximum atomic E-state index is 6.10. The van der Waals surface area contributed by atoms with Gasteiger partial charge in [-0.2, -0.15) is 0 Å². The fourth-order valence-corrected chi connectivity index (χ4v) is 2.24. The summed E-state index contributed by atoms with van der Waals surface area (Å²) in [5.41, 5.74) is 8.35. The molecule has 2 N–H and O–H groups in total. The Hall–Kier alpha value is -1.07. The molecular weight excluding hydrogens is 349 g/mol. The Morgan fingerprint density at radius 3 is 2.47 bits per heavy atom. The highest BCUT2D eigenvalue weighted by atomic mass is 127. The smallest absolute Gasteiger partial charge is 0.124 e. The zero-order valence-corrected chi connectivity index (χ0v) is 13.1. The molecule has 19 heavy (non-hydrogen) atoms. The molecule has 100 valence electrons. The fraction of sp³-hybridized carbons (Fsp3) is 0.250. The number of hydrogen-bond acceptors (Lipinski definition) is 2. The SMILES string of the molecule is CC[C@H](N)c1ccccc1OCc1ccc(I)cc1. The molecule has 0 amide bonds. The number of halogens is 1. The van der Waals surface area contributed by atoms with Gasteiger partial charge in [0.2, 0.25) is 0 Å². The first-order chi connectivity index (χ1) is 9.20. The van der Waals surface area contributed by atoms with Crippen molar-refractivity contribution in [2.75, 3.05) is 0 Å². The third-order valence-electron chi connectivity index (χ3n) is 3.07. The first-order valence-corrected chi connectivity index (χ1v) is 7.50. The van der Waals surface area contributed by atoms with Crippen LogP contribution in [0.5, 0.6) is 5.75 Å². The highest BCUT2D eigenvalue weighted by Crippen LogP contribution is 2.26. The summed E-state index contributed by atoms with van der Waals surface area (Å²) in [7, 11) is 0. The number of ether oxygens (including phenoxy) is 1. The van der Waals surface area contributed by atoms with Gasteiger partial charge < -0.3 is 10.5 Å². The van der Waals surface area contributed by atoms with Crippen molar-refractivity contribution >= 4 is 22.6 Å². The molecule has 0 aliphatic rings. The molecule has 2 nitrogen and oxygen atoms in total. The molecule has 0 spiro atoms. The third kappa shape index (κ3) is 3.94. The maximum Gasteiger partial charge on any atom is 0.124 e. The number of para-hydroxylation sites is 1. The second-order valence-electron chi connectivity index (χ2n) is 4.47. The van der Waals surface area contributed by atoms with E-state index in [4.69, 9.17) is 10.5 Å². The van der Waals surface area contributed by atoms with E-state index in [0.29, 0.717) is 6.61 Å². The summed E-state index contributed by atoms with van der Waals surface area (Å²) in [6, 6.07) is 16.4. The van der Waals surface area contributed by atoms with Crippen molar-refractivity contribution in [1.82, 2.24) is 0 Å². The summed E-state index contributed by atoms with van der Waals surface area (Å²) in [4.78, 5) is 0. The van der Waals surface area contributed by atoms with E-state index in [1.807, 2.05) is 24.3 Å². The third-order valence-corrected chi connectivity index (χ3v) is 3.79. The lowest BCUT2D eigenvalue weighted by molar-refractivity contribution is 0.300. The van der Waals surface area contributed by atoms with Gasteiger partial charge in [-0.25, -0.2) is 0 Å². The largest absolute Gasteiger partial charge is 0.489 e. The van der Waals surface area contributed by atoms with Gasteiger partial charge in [-0.05, 0) is 52.8 Å².